The van der Waals surface area contributed by atoms with Crippen LogP contribution in [0.2, 0.25) is 0 Å². The van der Waals surface area contributed by atoms with Crippen molar-refractivity contribution in [2.24, 2.45) is 5.73 Å². The van der Waals surface area contributed by atoms with Crippen LogP contribution in [-0.4, -0.2) is 75.8 Å². The first-order valence-corrected chi connectivity index (χ1v) is 16.5. The lowest BCUT2D eigenvalue weighted by molar-refractivity contribution is -0.278. The van der Waals surface area contributed by atoms with Gasteiger partial charge < -0.3 is 44.7 Å². The second kappa shape index (κ2) is 18.7. The van der Waals surface area contributed by atoms with E-state index in [0.717, 1.165) is 38.2 Å². The molecule has 6 unspecified atom stereocenters. The molecule has 0 aliphatic carbocycles. The van der Waals surface area contributed by atoms with E-state index in [4.69, 9.17) is 29.2 Å². The molecule has 1 heterocycles. The van der Waals surface area contributed by atoms with Crippen LogP contribution in [0.4, 0.5) is 0 Å². The number of nitrogens with two attached hydrogens (primary N) is 1. The van der Waals surface area contributed by atoms with Crippen molar-refractivity contribution in [3.8, 4) is 5.75 Å². The summed E-state index contributed by atoms with van der Waals surface area (Å²) in [6, 6.07) is 14.0. The Bertz CT molecular complexity index is 1330. The number of esters is 2. The van der Waals surface area contributed by atoms with E-state index in [1.165, 1.54) is 42.5 Å². The number of hydrogen-bond donors (Lipinski definition) is 5. The molecule has 1 aliphatic rings. The molecule has 14 heteroatoms. The summed E-state index contributed by atoms with van der Waals surface area (Å²) in [5.74, 6) is -1.53. The van der Waals surface area contributed by atoms with Crippen LogP contribution in [-0.2, 0) is 28.1 Å². The summed E-state index contributed by atoms with van der Waals surface area (Å²) in [6.07, 6.45) is 1.94. The van der Waals surface area contributed by atoms with Crippen LogP contribution >= 0.6 is 7.82 Å². The smallest absolute Gasteiger partial charge is 0.461 e. The first kappa shape index (κ1) is 37.1. The van der Waals surface area contributed by atoms with Crippen LogP contribution in [0.3, 0.4) is 0 Å². The van der Waals surface area contributed by atoms with Crippen molar-refractivity contribution in [2.75, 3.05) is 13.2 Å². The van der Waals surface area contributed by atoms with Gasteiger partial charge in [0.1, 0.15) is 30.7 Å². The summed E-state index contributed by atoms with van der Waals surface area (Å²) in [7, 11) is -5.28. The third-order valence-electron chi connectivity index (χ3n) is 6.96. The van der Waals surface area contributed by atoms with Gasteiger partial charge >= 0.3 is 19.8 Å². The van der Waals surface area contributed by atoms with Gasteiger partial charge in [-0.05, 0) is 42.7 Å². The summed E-state index contributed by atoms with van der Waals surface area (Å²) >= 11 is 0. The zero-order chi connectivity index (χ0) is 33.5. The summed E-state index contributed by atoms with van der Waals surface area (Å²) in [5.41, 5.74) is 6.23. The molecular formula is C32H42NO12P. The number of aliphatic hydroxyl groups excluding tert-OH is 2. The van der Waals surface area contributed by atoms with E-state index in [9.17, 15) is 34.2 Å². The zero-order valence-corrected chi connectivity index (χ0v) is 26.4. The van der Waals surface area contributed by atoms with Gasteiger partial charge in [-0.3, -0.25) is 4.52 Å². The van der Waals surface area contributed by atoms with Crippen LogP contribution in [0.25, 0.3) is 0 Å². The van der Waals surface area contributed by atoms with Crippen molar-refractivity contribution in [1.82, 2.24) is 0 Å². The topological polar surface area (TPSA) is 204 Å². The standard InChI is InChI=1S/C32H42NO12P/c1-2-3-4-5-6-7-8-12-15-27(35)44-30-29(45-46(38,39)40)28(36)26(21-41-31(37)23-13-10-9-11-14-23)43-32(30)42-24-18-16-22(17-19-24)25(34)20-33/h7-19,25-26,28-30,32,34,36H,2-6,20-21,33H2,1H3,(H2,38,39,40)/b8-7+,15-12+. The number of ether oxygens (including phenoxy) is 4. The number of aliphatic hydroxyl groups is 2. The van der Waals surface area contributed by atoms with Crippen molar-refractivity contribution >= 4 is 19.8 Å². The highest BCUT2D eigenvalue weighted by Crippen LogP contribution is 2.42. The Morgan fingerprint density at radius 1 is 1.02 bits per heavy atom. The molecule has 0 radical (unpaired) electrons. The van der Waals surface area contributed by atoms with Gasteiger partial charge in [-0.15, -0.1) is 0 Å². The van der Waals surface area contributed by atoms with Gasteiger partial charge in [0.2, 0.25) is 6.29 Å². The van der Waals surface area contributed by atoms with E-state index in [-0.39, 0.29) is 17.9 Å². The molecule has 252 valence electrons. The first-order valence-electron chi connectivity index (χ1n) is 15.0. The quantitative estimate of drug-likeness (QED) is 0.0541. The number of phosphoric ester groups is 1. The normalized spacial score (nSPS) is 22.5. The second-order valence-electron chi connectivity index (χ2n) is 10.5. The number of hydrogen-bond acceptors (Lipinski definition) is 11. The lowest BCUT2D eigenvalue weighted by atomic mass is 9.99. The summed E-state index contributed by atoms with van der Waals surface area (Å²) in [5, 5.41) is 21.1. The maximum absolute atomic E-state index is 12.8. The van der Waals surface area contributed by atoms with Crippen LogP contribution in [0.15, 0.2) is 78.9 Å². The van der Waals surface area contributed by atoms with Crippen LogP contribution in [0, 0.1) is 0 Å². The number of unbranched alkanes of at least 4 members (excludes halogenated alkanes) is 4. The number of carbonyl (C=O) groups is 2. The maximum Gasteiger partial charge on any atom is 0.470 e. The number of phosphoric acid groups is 1. The van der Waals surface area contributed by atoms with Gasteiger partial charge in [0.15, 0.2) is 6.10 Å². The van der Waals surface area contributed by atoms with Crippen LogP contribution in [0.5, 0.6) is 5.75 Å². The summed E-state index contributed by atoms with van der Waals surface area (Å²) in [6.45, 7) is 1.53. The Hall–Kier alpha value is -3.39. The highest BCUT2D eigenvalue weighted by molar-refractivity contribution is 7.46. The van der Waals surface area contributed by atoms with E-state index in [1.807, 2.05) is 6.08 Å². The molecule has 3 rings (SSSR count). The summed E-state index contributed by atoms with van der Waals surface area (Å²) < 4.78 is 39.4. The number of carbonyl (C=O) groups excluding carboxylic acids is 2. The molecule has 6 atom stereocenters. The fourth-order valence-corrected chi connectivity index (χ4v) is 5.11. The van der Waals surface area contributed by atoms with Gasteiger partial charge in [0, 0.05) is 12.6 Å². The van der Waals surface area contributed by atoms with Gasteiger partial charge in [0.25, 0.3) is 0 Å². The maximum atomic E-state index is 12.8. The Morgan fingerprint density at radius 2 is 1.74 bits per heavy atom. The molecular weight excluding hydrogens is 621 g/mol. The number of benzene rings is 2. The first-order chi connectivity index (χ1) is 22.0. The number of allylic oxidation sites excluding steroid dienone is 3. The molecule has 2 aromatic carbocycles. The molecule has 0 aromatic heterocycles. The van der Waals surface area contributed by atoms with Crippen molar-refractivity contribution in [1.29, 1.82) is 0 Å². The fourth-order valence-electron chi connectivity index (χ4n) is 4.55. The molecule has 46 heavy (non-hydrogen) atoms. The van der Waals surface area contributed by atoms with Gasteiger partial charge in [-0.2, -0.15) is 0 Å². The third-order valence-corrected chi connectivity index (χ3v) is 7.48. The Balaban J connectivity index is 1.83. The van der Waals surface area contributed by atoms with Gasteiger partial charge in [-0.25, -0.2) is 14.2 Å². The molecule has 1 saturated heterocycles. The molecule has 0 bridgehead atoms. The van der Waals surface area contributed by atoms with Crippen LogP contribution < -0.4 is 10.5 Å². The monoisotopic (exact) mass is 663 g/mol. The van der Waals surface area contributed by atoms with E-state index in [2.05, 4.69) is 6.92 Å². The Morgan fingerprint density at radius 3 is 2.39 bits per heavy atom. The van der Waals surface area contributed by atoms with Crippen molar-refractivity contribution in [3.63, 3.8) is 0 Å². The Kier molecular flexibility index (Phi) is 15.1. The average molecular weight is 664 g/mol. The van der Waals surface area contributed by atoms with E-state index >= 15 is 0 Å². The Labute approximate surface area is 267 Å². The van der Waals surface area contributed by atoms with Gasteiger partial charge in [-0.1, -0.05) is 74.7 Å². The molecule has 1 aliphatic heterocycles. The number of rotatable bonds is 17. The van der Waals surface area contributed by atoms with Crippen LogP contribution in [0.1, 0.15) is 61.1 Å². The van der Waals surface area contributed by atoms with E-state index in [0.29, 0.717) is 5.56 Å². The SMILES string of the molecule is CCCCCC/C=C/C=C/C(=O)OC1C(Oc2ccc(C(O)CN)cc2)OC(COC(=O)c2ccccc2)C(O)C1OP(=O)(O)O. The van der Waals surface area contributed by atoms with Gasteiger partial charge in [0.05, 0.1) is 11.7 Å². The third kappa shape index (κ3) is 12.1. The van der Waals surface area contributed by atoms with E-state index < -0.39 is 63.2 Å². The lowest BCUT2D eigenvalue weighted by Gasteiger charge is -2.43. The fraction of sp³-hybridized carbons (Fsp3) is 0.438. The highest BCUT2D eigenvalue weighted by Gasteiger charge is 2.52. The minimum Gasteiger partial charge on any atom is -0.461 e. The molecule has 0 spiro atoms. The largest absolute Gasteiger partial charge is 0.470 e. The predicted octanol–water partition coefficient (Wildman–Crippen LogP) is 3.47. The molecule has 0 saturated carbocycles. The zero-order valence-electron chi connectivity index (χ0n) is 25.5. The van der Waals surface area contributed by atoms with Crippen molar-refractivity contribution in [3.05, 3.63) is 90.0 Å². The van der Waals surface area contributed by atoms with Crippen molar-refractivity contribution in [2.45, 2.75) is 75.8 Å². The lowest BCUT2D eigenvalue weighted by Crippen LogP contribution is -2.62. The highest BCUT2D eigenvalue weighted by atomic mass is 31.2. The molecule has 13 nitrogen and oxygen atoms in total. The average Bonchev–Trinajstić information content (AvgIpc) is 3.04. The molecule has 6 N–H and O–H groups in total. The molecule has 2 aromatic rings. The predicted molar refractivity (Wildman–Crippen MR) is 166 cm³/mol. The molecule has 0 amide bonds. The molecule has 1 fully saturated rings. The summed E-state index contributed by atoms with van der Waals surface area (Å²) in [4.78, 5) is 44.7. The second-order valence-corrected chi connectivity index (χ2v) is 11.7. The van der Waals surface area contributed by atoms with Crippen molar-refractivity contribution < 1.29 is 57.6 Å². The van der Waals surface area contributed by atoms with E-state index in [1.54, 1.807) is 24.3 Å². The minimum atomic E-state index is -5.28. The minimum absolute atomic E-state index is 0.0196.